The largest absolute Gasteiger partial charge is 0.377 e. The van der Waals surface area contributed by atoms with E-state index in [1.165, 1.54) is 0 Å². The lowest BCUT2D eigenvalue weighted by Crippen LogP contribution is -2.57. The van der Waals surface area contributed by atoms with E-state index in [2.05, 4.69) is 0 Å². The molecule has 0 aromatic heterocycles. The average molecular weight is 300 g/mol. The van der Waals surface area contributed by atoms with Gasteiger partial charge < -0.3 is 9.64 Å². The summed E-state index contributed by atoms with van der Waals surface area (Å²) in [6, 6.07) is 5.40. The molecule has 3 nitrogen and oxygen atoms in total. The molecule has 1 aromatic rings. The van der Waals surface area contributed by atoms with E-state index in [1.54, 1.807) is 18.2 Å². The second-order valence-electron chi connectivity index (χ2n) is 5.11. The van der Waals surface area contributed by atoms with Gasteiger partial charge in [-0.15, -0.1) is 0 Å². The van der Waals surface area contributed by atoms with E-state index in [4.69, 9.17) is 27.9 Å². The van der Waals surface area contributed by atoms with Crippen molar-refractivity contribution < 1.29 is 9.53 Å². The maximum atomic E-state index is 12.7. The summed E-state index contributed by atoms with van der Waals surface area (Å²) in [6.07, 6.45) is 3.18. The van der Waals surface area contributed by atoms with E-state index in [1.807, 2.05) is 4.90 Å². The van der Waals surface area contributed by atoms with Crippen molar-refractivity contribution in [1.82, 2.24) is 4.90 Å². The van der Waals surface area contributed by atoms with E-state index in [0.717, 1.165) is 19.3 Å². The number of fused-ring (bicyclic) bond motifs is 2. The molecule has 1 aromatic carbocycles. The predicted molar refractivity (Wildman–Crippen MR) is 74.9 cm³/mol. The molecular formula is C14H15Cl2NO2. The summed E-state index contributed by atoms with van der Waals surface area (Å²) in [5, 5.41) is 0.964. The maximum Gasteiger partial charge on any atom is 0.256 e. The molecule has 0 spiro atoms. The van der Waals surface area contributed by atoms with Crippen LogP contribution in [0.1, 0.15) is 29.6 Å². The molecule has 5 heteroatoms. The molecule has 0 unspecified atom stereocenters. The van der Waals surface area contributed by atoms with E-state index >= 15 is 0 Å². The van der Waals surface area contributed by atoms with Gasteiger partial charge in [-0.3, -0.25) is 4.79 Å². The van der Waals surface area contributed by atoms with Crippen LogP contribution in [0.15, 0.2) is 18.2 Å². The molecule has 2 bridgehead atoms. The average Bonchev–Trinajstić information content (AvgIpc) is 2.37. The number of amides is 1. The Hall–Kier alpha value is -0.770. The fourth-order valence-electron chi connectivity index (χ4n) is 2.97. The molecule has 2 heterocycles. The first-order valence-electron chi connectivity index (χ1n) is 6.52. The third kappa shape index (κ3) is 2.47. The van der Waals surface area contributed by atoms with Crippen LogP contribution in [0.3, 0.4) is 0 Å². The Bertz CT molecular complexity index is 484. The molecule has 0 aliphatic carbocycles. The lowest BCUT2D eigenvalue weighted by atomic mass is 9.93. The number of hydrogen-bond acceptors (Lipinski definition) is 2. The molecular weight excluding hydrogens is 285 g/mol. The lowest BCUT2D eigenvalue weighted by molar-refractivity contribution is -0.0565. The maximum absolute atomic E-state index is 12.7. The summed E-state index contributed by atoms with van der Waals surface area (Å²) in [7, 11) is 0. The molecule has 3 rings (SSSR count). The zero-order valence-electron chi connectivity index (χ0n) is 10.4. The van der Waals surface area contributed by atoms with Gasteiger partial charge in [0.1, 0.15) is 0 Å². The Kier molecular flexibility index (Phi) is 3.70. The minimum absolute atomic E-state index is 0.000309. The highest BCUT2D eigenvalue weighted by molar-refractivity contribution is 6.36. The third-order valence-electron chi connectivity index (χ3n) is 3.88. The van der Waals surface area contributed by atoms with Crippen molar-refractivity contribution in [2.75, 3.05) is 13.2 Å². The molecule has 102 valence electrons. The second kappa shape index (κ2) is 5.31. The van der Waals surface area contributed by atoms with Crippen LogP contribution in [0, 0.1) is 0 Å². The van der Waals surface area contributed by atoms with E-state index in [-0.39, 0.29) is 18.0 Å². The summed E-state index contributed by atoms with van der Waals surface area (Å²) in [5.41, 5.74) is 0.532. The van der Waals surface area contributed by atoms with E-state index in [9.17, 15) is 4.79 Å². The Labute approximate surface area is 122 Å². The third-order valence-corrected chi connectivity index (χ3v) is 4.43. The first-order valence-corrected chi connectivity index (χ1v) is 7.28. The number of carbonyl (C=O) groups excluding carboxylic acids is 1. The molecule has 2 fully saturated rings. The van der Waals surface area contributed by atoms with Crippen molar-refractivity contribution in [1.29, 1.82) is 0 Å². The van der Waals surface area contributed by atoms with Crippen molar-refractivity contribution in [2.45, 2.75) is 31.3 Å². The molecule has 0 saturated carbocycles. The van der Waals surface area contributed by atoms with Crippen LogP contribution < -0.4 is 0 Å². The Morgan fingerprint density at radius 3 is 2.53 bits per heavy atom. The van der Waals surface area contributed by atoms with Crippen LogP contribution in [0.5, 0.6) is 0 Å². The van der Waals surface area contributed by atoms with Gasteiger partial charge in [-0.05, 0) is 37.5 Å². The lowest BCUT2D eigenvalue weighted by Gasteiger charge is -2.45. The smallest absolute Gasteiger partial charge is 0.256 e. The van der Waals surface area contributed by atoms with Gasteiger partial charge in [-0.25, -0.2) is 0 Å². The highest BCUT2D eigenvalue weighted by Gasteiger charge is 2.38. The van der Waals surface area contributed by atoms with Crippen molar-refractivity contribution in [2.24, 2.45) is 0 Å². The molecule has 0 N–H and O–H groups in total. The summed E-state index contributed by atoms with van der Waals surface area (Å²) in [4.78, 5) is 14.6. The van der Waals surface area contributed by atoms with Gasteiger partial charge in [0, 0.05) is 5.02 Å². The topological polar surface area (TPSA) is 29.5 Å². The molecule has 2 saturated heterocycles. The number of morpholine rings is 1. The number of benzene rings is 1. The summed E-state index contributed by atoms with van der Waals surface area (Å²) >= 11 is 12.0. The Morgan fingerprint density at radius 2 is 1.89 bits per heavy atom. The zero-order chi connectivity index (χ0) is 13.4. The number of hydrogen-bond donors (Lipinski definition) is 0. The molecule has 1 amide bonds. The van der Waals surface area contributed by atoms with Gasteiger partial charge in [-0.1, -0.05) is 23.2 Å². The Morgan fingerprint density at radius 1 is 1.21 bits per heavy atom. The second-order valence-corrected chi connectivity index (χ2v) is 5.96. The minimum atomic E-state index is -0.000309. The van der Waals surface area contributed by atoms with Gasteiger partial charge in [0.15, 0.2) is 0 Å². The monoisotopic (exact) mass is 299 g/mol. The fraction of sp³-hybridized carbons (Fsp3) is 0.500. The summed E-state index contributed by atoms with van der Waals surface area (Å²) in [6.45, 7) is 1.26. The number of nitrogens with zero attached hydrogens (tertiary/aromatic N) is 1. The SMILES string of the molecule is O=C(c1ccc(Cl)cc1Cl)N1[C@@H]2CCC[C@H]1COC2. The Balaban J connectivity index is 1.90. The van der Waals surface area contributed by atoms with Gasteiger partial charge >= 0.3 is 0 Å². The van der Waals surface area contributed by atoms with Gasteiger partial charge in [0.25, 0.3) is 5.91 Å². The minimum Gasteiger partial charge on any atom is -0.377 e. The first-order chi connectivity index (χ1) is 9.16. The number of halogens is 2. The van der Waals surface area contributed by atoms with Crippen LogP contribution in [0.4, 0.5) is 0 Å². The number of ether oxygens (including phenoxy) is 1. The van der Waals surface area contributed by atoms with E-state index in [0.29, 0.717) is 28.8 Å². The number of piperidine rings is 1. The van der Waals surface area contributed by atoms with Crippen LogP contribution >= 0.6 is 23.2 Å². The standard InChI is InChI=1S/C14H15Cl2NO2/c15-9-4-5-12(13(16)6-9)14(18)17-10-2-1-3-11(17)8-19-7-10/h4-6,10-11H,1-3,7-8H2/t10-,11+. The van der Waals surface area contributed by atoms with Gasteiger partial charge in [0.2, 0.25) is 0 Å². The molecule has 19 heavy (non-hydrogen) atoms. The van der Waals surface area contributed by atoms with Crippen LogP contribution in [0.25, 0.3) is 0 Å². The fourth-order valence-corrected chi connectivity index (χ4v) is 3.46. The van der Waals surface area contributed by atoms with Gasteiger partial charge in [0.05, 0.1) is 35.9 Å². The van der Waals surface area contributed by atoms with Crippen LogP contribution in [-0.2, 0) is 4.74 Å². The molecule has 2 atom stereocenters. The molecule has 2 aliphatic heterocycles. The number of rotatable bonds is 1. The quantitative estimate of drug-likeness (QED) is 0.795. The van der Waals surface area contributed by atoms with Crippen LogP contribution in [0.2, 0.25) is 10.0 Å². The summed E-state index contributed by atoms with van der Waals surface area (Å²) < 4.78 is 5.55. The highest BCUT2D eigenvalue weighted by Crippen LogP contribution is 2.31. The predicted octanol–water partition coefficient (Wildman–Crippen LogP) is 3.39. The highest BCUT2D eigenvalue weighted by atomic mass is 35.5. The van der Waals surface area contributed by atoms with Crippen molar-refractivity contribution in [3.8, 4) is 0 Å². The van der Waals surface area contributed by atoms with Crippen molar-refractivity contribution in [3.05, 3.63) is 33.8 Å². The van der Waals surface area contributed by atoms with Gasteiger partial charge in [-0.2, -0.15) is 0 Å². The first kappa shape index (κ1) is 13.2. The van der Waals surface area contributed by atoms with Crippen molar-refractivity contribution >= 4 is 29.1 Å². The molecule has 0 radical (unpaired) electrons. The number of carbonyl (C=O) groups is 1. The normalized spacial score (nSPS) is 26.3. The van der Waals surface area contributed by atoms with Crippen molar-refractivity contribution in [3.63, 3.8) is 0 Å². The van der Waals surface area contributed by atoms with Crippen LogP contribution in [-0.4, -0.2) is 36.1 Å². The molecule has 2 aliphatic rings. The zero-order valence-corrected chi connectivity index (χ0v) is 12.0. The van der Waals surface area contributed by atoms with E-state index < -0.39 is 0 Å². The summed E-state index contributed by atoms with van der Waals surface area (Å²) in [5.74, 6) is -0.000309.